The van der Waals surface area contributed by atoms with Crippen LogP contribution in [0.5, 0.6) is 0 Å². The Hall–Kier alpha value is -1.37. The molecule has 3 saturated carbocycles. The lowest BCUT2D eigenvalue weighted by Gasteiger charge is -2.56. The molecule has 2 N–H and O–H groups in total. The predicted molar refractivity (Wildman–Crippen MR) is 98.0 cm³/mol. The quantitative estimate of drug-likeness (QED) is 0.704. The Bertz CT molecular complexity index is 850. The number of halogens is 1. The largest absolute Gasteiger partial charge is 0.388 e. The van der Waals surface area contributed by atoms with Gasteiger partial charge in [-0.15, -0.1) is 0 Å². The van der Waals surface area contributed by atoms with E-state index < -0.39 is 40.6 Å². The highest BCUT2D eigenvalue weighted by Gasteiger charge is 2.82. The van der Waals surface area contributed by atoms with Crippen LogP contribution in [-0.2, 0) is 14.3 Å². The van der Waals surface area contributed by atoms with E-state index in [9.17, 15) is 19.8 Å². The fourth-order valence-electron chi connectivity index (χ4n) is 7.69. The van der Waals surface area contributed by atoms with Gasteiger partial charge in [0.25, 0.3) is 0 Å². The van der Waals surface area contributed by atoms with Crippen LogP contribution >= 0.6 is 0 Å². The maximum atomic E-state index is 15.3. The van der Waals surface area contributed by atoms with Crippen molar-refractivity contribution in [2.75, 3.05) is 6.61 Å². The number of epoxide rings is 1. The summed E-state index contributed by atoms with van der Waals surface area (Å²) in [5.41, 5.74) is -3.19. The fourth-order valence-corrected chi connectivity index (χ4v) is 7.69. The highest BCUT2D eigenvalue weighted by molar-refractivity contribution is 6.01. The molecule has 28 heavy (non-hydrogen) atoms. The molecule has 1 spiro atoms. The maximum Gasteiger partial charge on any atom is 0.190 e. The normalized spacial score (nSPS) is 56.3. The number of alkyl halides is 1. The zero-order chi connectivity index (χ0) is 20.3. The lowest BCUT2D eigenvalue weighted by molar-refractivity contribution is -0.166. The van der Waals surface area contributed by atoms with Crippen LogP contribution in [0.15, 0.2) is 23.8 Å². The first-order valence-electron chi connectivity index (χ1n) is 10.2. The minimum atomic E-state index is -1.63. The zero-order valence-electron chi connectivity index (χ0n) is 16.4. The van der Waals surface area contributed by atoms with E-state index >= 15 is 4.39 Å². The Labute approximate surface area is 163 Å². The van der Waals surface area contributed by atoms with Crippen molar-refractivity contribution in [2.45, 2.75) is 63.5 Å². The van der Waals surface area contributed by atoms with Crippen LogP contribution in [0.1, 0.15) is 40.0 Å². The molecule has 1 saturated heterocycles. The number of aliphatic hydroxyl groups is 2. The van der Waals surface area contributed by atoms with E-state index in [2.05, 4.69) is 0 Å². The molecule has 4 aliphatic carbocycles. The van der Waals surface area contributed by atoms with Crippen LogP contribution in [0.25, 0.3) is 0 Å². The Morgan fingerprint density at radius 1 is 1.32 bits per heavy atom. The molecule has 6 heteroatoms. The highest BCUT2D eigenvalue weighted by atomic mass is 19.1. The Balaban J connectivity index is 1.63. The van der Waals surface area contributed by atoms with Crippen LogP contribution in [0, 0.1) is 28.6 Å². The van der Waals surface area contributed by atoms with Crippen molar-refractivity contribution in [2.24, 2.45) is 28.6 Å². The van der Waals surface area contributed by atoms with E-state index in [1.165, 1.54) is 12.2 Å². The van der Waals surface area contributed by atoms with E-state index in [4.69, 9.17) is 4.74 Å². The Morgan fingerprint density at radius 3 is 2.71 bits per heavy atom. The number of fused-ring (bicyclic) bond motifs is 3. The van der Waals surface area contributed by atoms with Gasteiger partial charge in [0.15, 0.2) is 11.6 Å². The molecule has 5 rings (SSSR count). The number of Topliss-reactive ketones (excluding diaryl/α,β-unsaturated/α-hetero) is 1. The molecule has 9 atom stereocenters. The van der Waals surface area contributed by atoms with Crippen molar-refractivity contribution < 1.29 is 28.9 Å². The van der Waals surface area contributed by atoms with Crippen molar-refractivity contribution in [1.29, 1.82) is 0 Å². The summed E-state index contributed by atoms with van der Waals surface area (Å²) in [4.78, 5) is 24.5. The van der Waals surface area contributed by atoms with Crippen molar-refractivity contribution in [1.82, 2.24) is 0 Å². The molecule has 0 aromatic rings. The molecule has 4 fully saturated rings. The second kappa shape index (κ2) is 5.21. The molecule has 1 unspecified atom stereocenters. The SMILES string of the molecule is C[C@@H]1C[C@H]2[C@@H]3C[C@H](F)C4=CC(=O)C=C[C@]4(C)C34O[C@H]4C[C@]2(C)[C@@]1(O)C(=O)CO. The minimum absolute atomic E-state index is 0.0931. The molecule has 0 radical (unpaired) electrons. The van der Waals surface area contributed by atoms with Gasteiger partial charge >= 0.3 is 0 Å². The van der Waals surface area contributed by atoms with Gasteiger partial charge in [0.1, 0.15) is 24.0 Å². The second-order valence-corrected chi connectivity index (χ2v) is 9.96. The summed E-state index contributed by atoms with van der Waals surface area (Å²) < 4.78 is 21.6. The Morgan fingerprint density at radius 2 is 2.04 bits per heavy atom. The third-order valence-electron chi connectivity index (χ3n) is 9.07. The summed E-state index contributed by atoms with van der Waals surface area (Å²) in [6.07, 6.45) is 4.58. The molecule has 0 aromatic heterocycles. The number of rotatable bonds is 2. The molecule has 1 aliphatic heterocycles. The second-order valence-electron chi connectivity index (χ2n) is 9.96. The van der Waals surface area contributed by atoms with E-state index in [1.807, 2.05) is 20.8 Å². The third-order valence-corrected chi connectivity index (χ3v) is 9.07. The van der Waals surface area contributed by atoms with Gasteiger partial charge in [-0.05, 0) is 61.7 Å². The summed E-state index contributed by atoms with van der Waals surface area (Å²) in [6, 6.07) is 0. The molecule has 0 aromatic carbocycles. The van der Waals surface area contributed by atoms with E-state index in [0.717, 1.165) is 0 Å². The lowest BCUT2D eigenvalue weighted by Crippen LogP contribution is -2.63. The number of ether oxygens (including phenoxy) is 1. The van der Waals surface area contributed by atoms with E-state index in [1.54, 1.807) is 6.08 Å². The van der Waals surface area contributed by atoms with Gasteiger partial charge in [0.2, 0.25) is 0 Å². The molecular weight excluding hydrogens is 363 g/mol. The highest BCUT2D eigenvalue weighted by Crippen LogP contribution is 2.76. The summed E-state index contributed by atoms with van der Waals surface area (Å²) in [7, 11) is 0. The van der Waals surface area contributed by atoms with Gasteiger partial charge in [-0.3, -0.25) is 9.59 Å². The fraction of sp³-hybridized carbons (Fsp3) is 0.727. The number of carbonyl (C=O) groups is 2. The van der Waals surface area contributed by atoms with E-state index in [-0.39, 0.29) is 36.1 Å². The first-order valence-corrected chi connectivity index (χ1v) is 10.2. The van der Waals surface area contributed by atoms with Crippen LogP contribution in [0.2, 0.25) is 0 Å². The summed E-state index contributed by atoms with van der Waals surface area (Å²) >= 11 is 0. The van der Waals surface area contributed by atoms with Gasteiger partial charge < -0.3 is 14.9 Å². The summed E-state index contributed by atoms with van der Waals surface area (Å²) in [6.45, 7) is 5.00. The summed E-state index contributed by atoms with van der Waals surface area (Å²) in [5.74, 6) is -1.32. The minimum Gasteiger partial charge on any atom is -0.388 e. The van der Waals surface area contributed by atoms with Gasteiger partial charge in [-0.1, -0.05) is 19.9 Å². The van der Waals surface area contributed by atoms with Crippen molar-refractivity contribution in [3.05, 3.63) is 23.8 Å². The number of ketones is 2. The van der Waals surface area contributed by atoms with Crippen LogP contribution in [0.3, 0.4) is 0 Å². The van der Waals surface area contributed by atoms with Gasteiger partial charge in [0.05, 0.1) is 6.10 Å². The number of carbonyl (C=O) groups excluding carboxylic acids is 2. The monoisotopic (exact) mass is 390 g/mol. The maximum absolute atomic E-state index is 15.3. The molecule has 0 amide bonds. The zero-order valence-corrected chi connectivity index (χ0v) is 16.4. The van der Waals surface area contributed by atoms with Gasteiger partial charge in [0, 0.05) is 10.8 Å². The average molecular weight is 390 g/mol. The van der Waals surface area contributed by atoms with Crippen molar-refractivity contribution in [3.8, 4) is 0 Å². The van der Waals surface area contributed by atoms with Gasteiger partial charge in [-0.2, -0.15) is 0 Å². The first-order chi connectivity index (χ1) is 13.1. The molecule has 1 heterocycles. The van der Waals surface area contributed by atoms with Crippen LogP contribution in [-0.4, -0.2) is 51.9 Å². The van der Waals surface area contributed by atoms with Crippen molar-refractivity contribution >= 4 is 11.6 Å². The lowest BCUT2D eigenvalue weighted by atomic mass is 9.46. The average Bonchev–Trinajstić information content (AvgIpc) is 3.34. The standard InChI is InChI=1S/C22H27FO5/c1-11-6-13-14-8-16(23)15-7-12(25)4-5-19(15,2)22(14)18(28-22)9-20(13,3)21(11,27)17(26)10-24/h4-5,7,11,13-14,16,18,24,27H,6,8-10H2,1-3H3/t11-,13+,14+,16+,18+,19+,20+,21+,22?/m1/s1. The Kier molecular flexibility index (Phi) is 3.47. The third kappa shape index (κ3) is 1.75. The number of hydrogen-bond donors (Lipinski definition) is 2. The van der Waals surface area contributed by atoms with Crippen LogP contribution in [0.4, 0.5) is 4.39 Å². The van der Waals surface area contributed by atoms with Crippen LogP contribution < -0.4 is 0 Å². The smallest absolute Gasteiger partial charge is 0.190 e. The number of allylic oxidation sites excluding steroid dienone is 2. The van der Waals surface area contributed by atoms with Crippen molar-refractivity contribution in [3.63, 3.8) is 0 Å². The van der Waals surface area contributed by atoms with Gasteiger partial charge in [-0.25, -0.2) is 4.39 Å². The summed E-state index contributed by atoms with van der Waals surface area (Å²) in [5, 5.41) is 21.0. The first kappa shape index (κ1) is 18.6. The number of aliphatic hydroxyl groups excluding tert-OH is 1. The topological polar surface area (TPSA) is 87.1 Å². The number of hydrogen-bond acceptors (Lipinski definition) is 5. The molecule has 152 valence electrons. The predicted octanol–water partition coefficient (Wildman–Crippen LogP) is 1.91. The molecular formula is C22H27FO5. The molecule has 5 nitrogen and oxygen atoms in total. The molecule has 5 aliphatic rings. The molecule has 0 bridgehead atoms. The van der Waals surface area contributed by atoms with E-state index in [0.29, 0.717) is 18.4 Å².